The maximum absolute atomic E-state index is 12.0. The van der Waals surface area contributed by atoms with Gasteiger partial charge in [-0.3, -0.25) is 9.78 Å². The summed E-state index contributed by atoms with van der Waals surface area (Å²) in [6.07, 6.45) is 1.63. The normalized spacial score (nSPS) is 10.2. The summed E-state index contributed by atoms with van der Waals surface area (Å²) < 4.78 is 0. The van der Waals surface area contributed by atoms with Gasteiger partial charge in [-0.15, -0.1) is 0 Å². The molecule has 0 saturated heterocycles. The number of rotatable bonds is 3. The van der Waals surface area contributed by atoms with Crippen LogP contribution in [0.15, 0.2) is 53.5 Å². The van der Waals surface area contributed by atoms with Gasteiger partial charge >= 0.3 is 0 Å². The van der Waals surface area contributed by atoms with Crippen LogP contribution < -0.4 is 10.9 Å². The van der Waals surface area contributed by atoms with Crippen molar-refractivity contribution in [2.45, 2.75) is 6.54 Å². The number of hydrogen-bond donors (Lipinski definition) is 2. The quantitative estimate of drug-likeness (QED) is 0.769. The molecule has 0 radical (unpaired) electrons. The molecule has 2 heterocycles. The van der Waals surface area contributed by atoms with Gasteiger partial charge < -0.3 is 10.3 Å². The summed E-state index contributed by atoms with van der Waals surface area (Å²) in [6.45, 7) is 0.518. The minimum Gasteiger partial charge on any atom is -0.378 e. The molecule has 5 nitrogen and oxygen atoms in total. The number of aromatic amines is 1. The summed E-state index contributed by atoms with van der Waals surface area (Å²) in [5.41, 5.74) is 2.37. The summed E-state index contributed by atoms with van der Waals surface area (Å²) in [5, 5.41) is 12.4. The van der Waals surface area contributed by atoms with Gasteiger partial charge in [-0.25, -0.2) is 0 Å². The molecule has 0 aliphatic heterocycles. The third-order valence-corrected chi connectivity index (χ3v) is 3.19. The Hall–Kier alpha value is -3.13. The highest BCUT2D eigenvalue weighted by atomic mass is 16.1. The first kappa shape index (κ1) is 12.9. The lowest BCUT2D eigenvalue weighted by Gasteiger charge is -2.10. The van der Waals surface area contributed by atoms with Crippen molar-refractivity contribution in [2.75, 3.05) is 5.32 Å². The van der Waals surface area contributed by atoms with Gasteiger partial charge in [0.2, 0.25) is 0 Å². The minimum atomic E-state index is -0.409. The molecule has 0 spiro atoms. The van der Waals surface area contributed by atoms with Crippen LogP contribution in [0, 0.1) is 11.3 Å². The topological polar surface area (TPSA) is 81.6 Å². The van der Waals surface area contributed by atoms with Crippen molar-refractivity contribution in [1.82, 2.24) is 9.97 Å². The second-order valence-electron chi connectivity index (χ2n) is 4.55. The number of anilines is 1. The highest BCUT2D eigenvalue weighted by Gasteiger charge is 2.12. The van der Waals surface area contributed by atoms with Gasteiger partial charge in [0.1, 0.15) is 17.1 Å². The fourth-order valence-corrected chi connectivity index (χ4v) is 2.19. The van der Waals surface area contributed by atoms with Gasteiger partial charge in [-0.1, -0.05) is 30.3 Å². The highest BCUT2D eigenvalue weighted by Crippen LogP contribution is 2.21. The molecule has 0 bridgehead atoms. The molecule has 102 valence electrons. The van der Waals surface area contributed by atoms with E-state index in [2.05, 4.69) is 15.3 Å². The van der Waals surface area contributed by atoms with Crippen LogP contribution in [0.1, 0.15) is 11.1 Å². The number of nitrogens with zero attached hydrogens (tertiary/aromatic N) is 2. The van der Waals surface area contributed by atoms with Gasteiger partial charge in [-0.2, -0.15) is 5.26 Å². The number of hydrogen-bond acceptors (Lipinski definition) is 4. The van der Waals surface area contributed by atoms with E-state index >= 15 is 0 Å². The van der Waals surface area contributed by atoms with Gasteiger partial charge in [0.05, 0.1) is 11.2 Å². The predicted octanol–water partition coefficient (Wildman–Crippen LogP) is 2.41. The Morgan fingerprint density at radius 2 is 2.00 bits per heavy atom. The van der Waals surface area contributed by atoms with Crippen LogP contribution in [-0.4, -0.2) is 9.97 Å². The third-order valence-electron chi connectivity index (χ3n) is 3.19. The predicted molar refractivity (Wildman–Crippen MR) is 80.8 cm³/mol. The van der Waals surface area contributed by atoms with Gasteiger partial charge in [-0.05, 0) is 17.7 Å². The van der Waals surface area contributed by atoms with Crippen molar-refractivity contribution in [1.29, 1.82) is 5.26 Å². The molecular weight excluding hydrogens is 264 g/mol. The fraction of sp³-hybridized carbons (Fsp3) is 0.0625. The Bertz CT molecular complexity index is 878. The van der Waals surface area contributed by atoms with E-state index in [1.807, 2.05) is 36.4 Å². The first-order chi connectivity index (χ1) is 10.3. The molecule has 0 aliphatic rings. The molecule has 5 heteroatoms. The monoisotopic (exact) mass is 276 g/mol. The van der Waals surface area contributed by atoms with E-state index < -0.39 is 5.56 Å². The van der Waals surface area contributed by atoms with Gasteiger partial charge in [0, 0.05) is 12.7 Å². The number of fused-ring (bicyclic) bond motifs is 1. The summed E-state index contributed by atoms with van der Waals surface area (Å²) in [4.78, 5) is 18.9. The lowest BCUT2D eigenvalue weighted by atomic mass is 10.1. The Labute approximate surface area is 120 Å². The molecule has 2 N–H and O–H groups in total. The van der Waals surface area contributed by atoms with Crippen LogP contribution in [0.5, 0.6) is 0 Å². The van der Waals surface area contributed by atoms with Gasteiger partial charge in [0.25, 0.3) is 5.56 Å². The first-order valence-electron chi connectivity index (χ1n) is 6.48. The maximum Gasteiger partial charge on any atom is 0.268 e. The van der Waals surface area contributed by atoms with Crippen LogP contribution >= 0.6 is 0 Å². The third kappa shape index (κ3) is 2.47. The van der Waals surface area contributed by atoms with Crippen LogP contribution in [0.2, 0.25) is 0 Å². The molecular formula is C16H12N4O. The zero-order chi connectivity index (χ0) is 14.7. The van der Waals surface area contributed by atoms with Crippen molar-refractivity contribution in [3.63, 3.8) is 0 Å². The second kappa shape index (κ2) is 5.47. The average Bonchev–Trinajstić information content (AvgIpc) is 2.53. The number of H-pyrrole nitrogens is 1. The van der Waals surface area contributed by atoms with Crippen LogP contribution in [0.3, 0.4) is 0 Å². The first-order valence-corrected chi connectivity index (χ1v) is 6.48. The van der Waals surface area contributed by atoms with Crippen LogP contribution in [0.4, 0.5) is 5.69 Å². The molecule has 0 fully saturated rings. The number of aromatic nitrogens is 2. The molecule has 0 aliphatic carbocycles. The fourth-order valence-electron chi connectivity index (χ4n) is 2.19. The number of pyridine rings is 2. The summed E-state index contributed by atoms with van der Waals surface area (Å²) in [5.74, 6) is 0. The van der Waals surface area contributed by atoms with Crippen molar-refractivity contribution in [3.8, 4) is 6.07 Å². The summed E-state index contributed by atoms with van der Waals surface area (Å²) in [6, 6.07) is 15.2. The SMILES string of the molecule is N#Cc1c(NCc2ccccc2)c2ncccc2[nH]c1=O. The largest absolute Gasteiger partial charge is 0.378 e. The average molecular weight is 276 g/mol. The molecule has 3 aromatic rings. The molecule has 21 heavy (non-hydrogen) atoms. The highest BCUT2D eigenvalue weighted by molar-refractivity contribution is 5.90. The Morgan fingerprint density at radius 3 is 2.76 bits per heavy atom. The van der Waals surface area contributed by atoms with E-state index in [-0.39, 0.29) is 5.56 Å². The molecule has 1 aromatic carbocycles. The van der Waals surface area contributed by atoms with Crippen LogP contribution in [0.25, 0.3) is 11.0 Å². The lowest BCUT2D eigenvalue weighted by Crippen LogP contribution is -2.15. The summed E-state index contributed by atoms with van der Waals surface area (Å²) >= 11 is 0. The van der Waals surface area contributed by atoms with Crippen molar-refractivity contribution in [2.24, 2.45) is 0 Å². The van der Waals surface area contributed by atoms with Crippen molar-refractivity contribution in [3.05, 3.63) is 70.1 Å². The Morgan fingerprint density at radius 1 is 1.19 bits per heavy atom. The molecule has 0 saturated carbocycles. The lowest BCUT2D eigenvalue weighted by molar-refractivity contribution is 1.13. The smallest absolute Gasteiger partial charge is 0.268 e. The van der Waals surface area contributed by atoms with Crippen molar-refractivity contribution < 1.29 is 0 Å². The van der Waals surface area contributed by atoms with E-state index in [1.165, 1.54) is 0 Å². The molecule has 0 amide bonds. The zero-order valence-electron chi connectivity index (χ0n) is 11.1. The minimum absolute atomic E-state index is 0.0529. The molecule has 3 rings (SSSR count). The second-order valence-corrected chi connectivity index (χ2v) is 4.55. The Kier molecular flexibility index (Phi) is 3.36. The standard InChI is InChI=1S/C16H12N4O/c17-9-12-14(19-10-11-5-2-1-3-6-11)15-13(20-16(12)21)7-4-8-18-15/h1-8H,10H2,(H2,19,20,21). The maximum atomic E-state index is 12.0. The Balaban J connectivity index is 2.08. The van der Waals surface area contributed by atoms with E-state index in [4.69, 9.17) is 0 Å². The number of nitriles is 1. The molecule has 0 atom stereocenters. The summed E-state index contributed by atoms with van der Waals surface area (Å²) in [7, 11) is 0. The van der Waals surface area contributed by atoms with Crippen LogP contribution in [-0.2, 0) is 6.54 Å². The molecule has 2 aromatic heterocycles. The van der Waals surface area contributed by atoms with E-state index in [0.717, 1.165) is 5.56 Å². The number of nitrogens with one attached hydrogen (secondary N) is 2. The van der Waals surface area contributed by atoms with E-state index in [9.17, 15) is 10.1 Å². The zero-order valence-corrected chi connectivity index (χ0v) is 11.1. The van der Waals surface area contributed by atoms with Crippen molar-refractivity contribution >= 4 is 16.7 Å². The molecule has 0 unspecified atom stereocenters. The van der Waals surface area contributed by atoms with E-state index in [0.29, 0.717) is 23.3 Å². The number of benzene rings is 1. The van der Waals surface area contributed by atoms with Gasteiger partial charge in [0.15, 0.2) is 0 Å². The van der Waals surface area contributed by atoms with E-state index in [1.54, 1.807) is 18.3 Å².